The third-order valence-corrected chi connectivity index (χ3v) is 3.04. The molecule has 1 nitrogen and oxygen atoms in total. The van der Waals surface area contributed by atoms with E-state index in [0.29, 0.717) is 22.4 Å². The van der Waals surface area contributed by atoms with E-state index in [4.69, 9.17) is 27.9 Å². The van der Waals surface area contributed by atoms with Gasteiger partial charge in [0, 0.05) is 14.7 Å². The molecule has 0 radical (unpaired) electrons. The van der Waals surface area contributed by atoms with E-state index in [1.54, 1.807) is 12.1 Å². The van der Waals surface area contributed by atoms with Crippen molar-refractivity contribution >= 4 is 45.8 Å². The Balaban J connectivity index is 3.09. The van der Waals surface area contributed by atoms with E-state index in [9.17, 15) is 0 Å². The van der Waals surface area contributed by atoms with Crippen molar-refractivity contribution in [2.24, 2.45) is 0 Å². The molecule has 1 aromatic carbocycles. The second-order valence-corrected chi connectivity index (χ2v) is 4.11. The molecule has 0 amide bonds. The minimum absolute atomic E-state index is 0.593. The number of hydrogen-bond donors (Lipinski definition) is 0. The third-order valence-electron chi connectivity index (χ3n) is 1.26. The predicted molar refractivity (Wildman–Crippen MR) is 60.3 cm³/mol. The first-order valence-electron chi connectivity index (χ1n) is 3.42. The fourth-order valence-corrected chi connectivity index (χ4v) is 1.95. The molecule has 0 atom stereocenters. The van der Waals surface area contributed by atoms with Gasteiger partial charge in [0.15, 0.2) is 0 Å². The number of ether oxygens (including phenoxy) is 1. The van der Waals surface area contributed by atoms with Gasteiger partial charge in [-0.3, -0.25) is 0 Å². The second-order valence-electron chi connectivity index (χ2n) is 2.13. The predicted octanol–water partition coefficient (Wildman–Crippen LogP) is 4.00. The highest BCUT2D eigenvalue weighted by molar-refractivity contribution is 14.1. The molecule has 0 fully saturated rings. The van der Waals surface area contributed by atoms with Crippen molar-refractivity contribution in [3.8, 4) is 5.75 Å². The molecule has 66 valence electrons. The molecule has 0 aliphatic heterocycles. The standard InChI is InChI=1S/C8H7Cl2IO/c1-2-12-7-4-5(9)3-6(11)8(7)10/h3-4H,2H2,1H3. The average Bonchev–Trinajstić information content (AvgIpc) is 2.00. The number of hydrogen-bond acceptors (Lipinski definition) is 1. The molecule has 0 saturated heterocycles. The molecule has 0 aliphatic carbocycles. The van der Waals surface area contributed by atoms with Gasteiger partial charge in [0.05, 0.1) is 11.6 Å². The van der Waals surface area contributed by atoms with Gasteiger partial charge in [-0.1, -0.05) is 23.2 Å². The van der Waals surface area contributed by atoms with E-state index in [2.05, 4.69) is 22.6 Å². The van der Waals surface area contributed by atoms with Gasteiger partial charge in [0.1, 0.15) is 5.75 Å². The van der Waals surface area contributed by atoms with Crippen LogP contribution >= 0.6 is 45.8 Å². The molecule has 0 aromatic heterocycles. The number of halogens is 3. The first-order valence-corrected chi connectivity index (χ1v) is 5.26. The molecule has 0 N–H and O–H groups in total. The Hall–Kier alpha value is 0.330. The van der Waals surface area contributed by atoms with Gasteiger partial charge < -0.3 is 4.74 Å². The normalized spacial score (nSPS) is 10.0. The molecule has 1 rings (SSSR count). The summed E-state index contributed by atoms with van der Waals surface area (Å²) in [5, 5.41) is 1.27. The summed E-state index contributed by atoms with van der Waals surface area (Å²) in [5.74, 6) is 0.649. The van der Waals surface area contributed by atoms with Crippen molar-refractivity contribution < 1.29 is 4.74 Å². The van der Waals surface area contributed by atoms with E-state index < -0.39 is 0 Å². The molecule has 4 heteroatoms. The summed E-state index contributed by atoms with van der Waals surface area (Å²) >= 11 is 13.9. The largest absolute Gasteiger partial charge is 0.492 e. The van der Waals surface area contributed by atoms with Crippen LogP contribution in [0.2, 0.25) is 10.0 Å². The number of rotatable bonds is 2. The summed E-state index contributed by atoms with van der Waals surface area (Å²) in [4.78, 5) is 0. The summed E-state index contributed by atoms with van der Waals surface area (Å²) in [6.07, 6.45) is 0. The highest BCUT2D eigenvalue weighted by Gasteiger charge is 2.06. The lowest BCUT2D eigenvalue weighted by atomic mass is 10.3. The van der Waals surface area contributed by atoms with Crippen molar-refractivity contribution in [1.29, 1.82) is 0 Å². The van der Waals surface area contributed by atoms with Crippen LogP contribution < -0.4 is 4.74 Å². The minimum Gasteiger partial charge on any atom is -0.492 e. The van der Waals surface area contributed by atoms with Crippen LogP contribution in [0.3, 0.4) is 0 Å². The van der Waals surface area contributed by atoms with Gasteiger partial charge >= 0.3 is 0 Å². The van der Waals surface area contributed by atoms with Crippen LogP contribution in [-0.2, 0) is 0 Å². The van der Waals surface area contributed by atoms with Crippen LogP contribution in [-0.4, -0.2) is 6.61 Å². The van der Waals surface area contributed by atoms with Crippen molar-refractivity contribution in [3.05, 3.63) is 25.7 Å². The molecule has 0 spiro atoms. The van der Waals surface area contributed by atoms with Gasteiger partial charge in [0.2, 0.25) is 0 Å². The van der Waals surface area contributed by atoms with Crippen LogP contribution in [0.5, 0.6) is 5.75 Å². The van der Waals surface area contributed by atoms with Crippen LogP contribution in [0, 0.1) is 3.57 Å². The highest BCUT2D eigenvalue weighted by Crippen LogP contribution is 2.32. The van der Waals surface area contributed by atoms with E-state index in [0.717, 1.165) is 3.57 Å². The minimum atomic E-state index is 0.593. The summed E-state index contributed by atoms with van der Waals surface area (Å²) < 4.78 is 6.18. The van der Waals surface area contributed by atoms with E-state index in [-0.39, 0.29) is 0 Å². The monoisotopic (exact) mass is 316 g/mol. The summed E-state index contributed by atoms with van der Waals surface area (Å²) in [7, 11) is 0. The zero-order valence-electron chi connectivity index (χ0n) is 6.40. The van der Waals surface area contributed by atoms with E-state index in [1.807, 2.05) is 6.92 Å². The first-order chi connectivity index (χ1) is 5.65. The fourth-order valence-electron chi connectivity index (χ4n) is 0.793. The quantitative estimate of drug-likeness (QED) is 0.592. The van der Waals surface area contributed by atoms with Crippen LogP contribution in [0.15, 0.2) is 12.1 Å². The summed E-state index contributed by atoms with van der Waals surface area (Å²) in [6, 6.07) is 3.52. The van der Waals surface area contributed by atoms with Gasteiger partial charge in [-0.25, -0.2) is 0 Å². The molecule has 0 heterocycles. The maximum Gasteiger partial charge on any atom is 0.140 e. The van der Waals surface area contributed by atoms with E-state index >= 15 is 0 Å². The Morgan fingerprint density at radius 3 is 2.67 bits per heavy atom. The molecular weight excluding hydrogens is 310 g/mol. The van der Waals surface area contributed by atoms with Gasteiger partial charge in [-0.2, -0.15) is 0 Å². The maximum atomic E-state index is 5.95. The molecule has 0 bridgehead atoms. The lowest BCUT2D eigenvalue weighted by Gasteiger charge is -2.06. The highest BCUT2D eigenvalue weighted by atomic mass is 127. The SMILES string of the molecule is CCOc1cc(Cl)cc(I)c1Cl. The zero-order chi connectivity index (χ0) is 9.14. The Morgan fingerprint density at radius 2 is 2.08 bits per heavy atom. The van der Waals surface area contributed by atoms with Crippen molar-refractivity contribution in [3.63, 3.8) is 0 Å². The maximum absolute atomic E-state index is 5.95. The van der Waals surface area contributed by atoms with Crippen molar-refractivity contribution in [2.75, 3.05) is 6.61 Å². The van der Waals surface area contributed by atoms with Gasteiger partial charge in [0.25, 0.3) is 0 Å². The van der Waals surface area contributed by atoms with Gasteiger partial charge in [-0.15, -0.1) is 0 Å². The van der Waals surface area contributed by atoms with Crippen LogP contribution in [0.4, 0.5) is 0 Å². The van der Waals surface area contributed by atoms with Crippen LogP contribution in [0.25, 0.3) is 0 Å². The number of benzene rings is 1. The molecular formula is C8H7Cl2IO. The second kappa shape index (κ2) is 4.53. The molecule has 0 aliphatic rings. The van der Waals surface area contributed by atoms with E-state index in [1.165, 1.54) is 0 Å². The third kappa shape index (κ3) is 2.41. The molecule has 0 saturated carbocycles. The Bertz CT molecular complexity index is 289. The molecule has 12 heavy (non-hydrogen) atoms. The topological polar surface area (TPSA) is 9.23 Å². The smallest absolute Gasteiger partial charge is 0.140 e. The Labute approximate surface area is 95.1 Å². The van der Waals surface area contributed by atoms with Crippen LogP contribution in [0.1, 0.15) is 6.92 Å². The Morgan fingerprint density at radius 1 is 1.42 bits per heavy atom. The molecule has 1 aromatic rings. The summed E-state index contributed by atoms with van der Waals surface area (Å²) in [6.45, 7) is 2.50. The zero-order valence-corrected chi connectivity index (χ0v) is 10.1. The summed E-state index contributed by atoms with van der Waals surface area (Å²) in [5.41, 5.74) is 0. The first kappa shape index (κ1) is 10.4. The lowest BCUT2D eigenvalue weighted by molar-refractivity contribution is 0.340. The fraction of sp³-hybridized carbons (Fsp3) is 0.250. The van der Waals surface area contributed by atoms with Crippen molar-refractivity contribution in [2.45, 2.75) is 6.92 Å². The lowest BCUT2D eigenvalue weighted by Crippen LogP contribution is -1.93. The van der Waals surface area contributed by atoms with Gasteiger partial charge in [-0.05, 0) is 35.6 Å². The van der Waals surface area contributed by atoms with Crippen molar-refractivity contribution in [1.82, 2.24) is 0 Å². The average molecular weight is 317 g/mol. The Kier molecular flexibility index (Phi) is 3.93. The molecule has 0 unspecified atom stereocenters.